The molecule has 1 aromatic carbocycles. The van der Waals surface area contributed by atoms with Crippen molar-refractivity contribution in [2.45, 2.75) is 13.8 Å². The minimum atomic E-state index is 0.658. The highest BCUT2D eigenvalue weighted by atomic mass is 79.9. The molecule has 0 unspecified atom stereocenters. The molecule has 0 saturated heterocycles. The van der Waals surface area contributed by atoms with Crippen molar-refractivity contribution in [2.24, 2.45) is 0 Å². The molecule has 2 rings (SSSR count). The lowest BCUT2D eigenvalue weighted by atomic mass is 10.1. The molecule has 0 aliphatic carbocycles. The fourth-order valence-corrected chi connectivity index (χ4v) is 2.33. The number of aryl methyl sites for hydroxylation is 2. The molecule has 0 aliphatic rings. The Morgan fingerprint density at radius 2 is 1.65 bits per heavy atom. The van der Waals surface area contributed by atoms with Crippen molar-refractivity contribution >= 4 is 15.9 Å². The second-order valence-electron chi connectivity index (χ2n) is 3.86. The van der Waals surface area contributed by atoms with Crippen LogP contribution in [0.4, 0.5) is 0 Å². The molecule has 0 bridgehead atoms. The van der Waals surface area contributed by atoms with Crippen LogP contribution in [0.3, 0.4) is 0 Å². The highest BCUT2D eigenvalue weighted by Crippen LogP contribution is 2.30. The molecule has 1 aromatic heterocycles. The SMILES string of the molecule is Cc1cc(Br)cc(C)c1Oc1cc[n+]([O-])cc1. The molecule has 0 amide bonds. The van der Waals surface area contributed by atoms with Crippen LogP contribution in [0.2, 0.25) is 0 Å². The van der Waals surface area contributed by atoms with E-state index >= 15 is 0 Å². The molecule has 0 spiro atoms. The first kappa shape index (κ1) is 11.9. The average molecular weight is 294 g/mol. The summed E-state index contributed by atoms with van der Waals surface area (Å²) in [4.78, 5) is 0. The van der Waals surface area contributed by atoms with Gasteiger partial charge >= 0.3 is 0 Å². The summed E-state index contributed by atoms with van der Waals surface area (Å²) in [5.74, 6) is 1.49. The second kappa shape index (κ2) is 4.75. The maximum absolute atomic E-state index is 10.9. The molecule has 0 atom stereocenters. The van der Waals surface area contributed by atoms with E-state index in [2.05, 4.69) is 15.9 Å². The van der Waals surface area contributed by atoms with E-state index in [4.69, 9.17) is 4.74 Å². The van der Waals surface area contributed by atoms with Gasteiger partial charge in [0.1, 0.15) is 11.5 Å². The summed E-state index contributed by atoms with van der Waals surface area (Å²) < 4.78 is 7.54. The summed E-state index contributed by atoms with van der Waals surface area (Å²) >= 11 is 3.44. The Hall–Kier alpha value is -1.55. The minimum Gasteiger partial charge on any atom is -0.619 e. The molecular weight excluding hydrogens is 282 g/mol. The first-order chi connectivity index (χ1) is 8.06. The summed E-state index contributed by atoms with van der Waals surface area (Å²) in [6.07, 6.45) is 2.83. The quantitative estimate of drug-likeness (QED) is 0.628. The van der Waals surface area contributed by atoms with Gasteiger partial charge in [0.2, 0.25) is 0 Å². The molecular formula is C13H12BrNO2. The van der Waals surface area contributed by atoms with Gasteiger partial charge in [-0.25, -0.2) is 0 Å². The predicted molar refractivity (Wildman–Crippen MR) is 69.1 cm³/mol. The van der Waals surface area contributed by atoms with Gasteiger partial charge in [-0.2, -0.15) is 4.73 Å². The van der Waals surface area contributed by atoms with Crippen molar-refractivity contribution in [3.63, 3.8) is 0 Å². The highest BCUT2D eigenvalue weighted by Gasteiger charge is 2.07. The van der Waals surface area contributed by atoms with E-state index in [1.807, 2.05) is 26.0 Å². The lowest BCUT2D eigenvalue weighted by Crippen LogP contribution is -2.23. The fraction of sp³-hybridized carbons (Fsp3) is 0.154. The number of aromatic nitrogens is 1. The molecule has 2 aromatic rings. The molecule has 88 valence electrons. The summed E-state index contributed by atoms with van der Waals surface area (Å²) in [7, 11) is 0. The van der Waals surface area contributed by atoms with Crippen LogP contribution in [0, 0.1) is 19.1 Å². The Kier molecular flexibility index (Phi) is 3.33. The molecule has 1 heterocycles. The average Bonchev–Trinajstić information content (AvgIpc) is 2.26. The fourth-order valence-electron chi connectivity index (χ4n) is 1.64. The van der Waals surface area contributed by atoms with Crippen molar-refractivity contribution in [1.82, 2.24) is 0 Å². The van der Waals surface area contributed by atoms with Crippen LogP contribution >= 0.6 is 15.9 Å². The normalized spacial score (nSPS) is 10.3. The number of halogens is 1. The van der Waals surface area contributed by atoms with Crippen molar-refractivity contribution in [1.29, 1.82) is 0 Å². The smallest absolute Gasteiger partial charge is 0.184 e. The standard InChI is InChI=1S/C13H12BrNO2/c1-9-7-11(14)8-10(2)13(9)17-12-3-5-15(16)6-4-12/h3-8H,1-2H3. The zero-order chi connectivity index (χ0) is 12.4. The monoisotopic (exact) mass is 293 g/mol. The van der Waals surface area contributed by atoms with Crippen LogP contribution in [0.5, 0.6) is 11.5 Å². The van der Waals surface area contributed by atoms with E-state index in [0.717, 1.165) is 26.1 Å². The summed E-state index contributed by atoms with van der Waals surface area (Å²) in [6, 6.07) is 7.29. The van der Waals surface area contributed by atoms with E-state index in [1.54, 1.807) is 12.1 Å². The van der Waals surface area contributed by atoms with E-state index in [9.17, 15) is 5.21 Å². The molecule has 0 N–H and O–H groups in total. The van der Waals surface area contributed by atoms with E-state index in [1.165, 1.54) is 12.4 Å². The summed E-state index contributed by atoms with van der Waals surface area (Å²) in [5, 5.41) is 10.9. The van der Waals surface area contributed by atoms with Gasteiger partial charge in [-0.1, -0.05) is 15.9 Å². The number of pyridine rings is 1. The molecule has 4 heteroatoms. The highest BCUT2D eigenvalue weighted by molar-refractivity contribution is 9.10. The van der Waals surface area contributed by atoms with Gasteiger partial charge in [-0.3, -0.25) is 0 Å². The third-order valence-electron chi connectivity index (χ3n) is 2.42. The van der Waals surface area contributed by atoms with Gasteiger partial charge < -0.3 is 9.94 Å². The van der Waals surface area contributed by atoms with Crippen molar-refractivity contribution in [3.05, 3.63) is 57.5 Å². The Bertz CT molecular complexity index is 515. The third kappa shape index (κ3) is 2.77. The second-order valence-corrected chi connectivity index (χ2v) is 4.78. The number of benzene rings is 1. The van der Waals surface area contributed by atoms with Gasteiger partial charge in [0.15, 0.2) is 12.4 Å². The molecule has 0 radical (unpaired) electrons. The molecule has 0 aliphatic heterocycles. The van der Waals surface area contributed by atoms with Crippen LogP contribution < -0.4 is 9.47 Å². The number of nitrogens with zero attached hydrogens (tertiary/aromatic N) is 1. The maximum Gasteiger partial charge on any atom is 0.184 e. The molecule has 3 nitrogen and oxygen atoms in total. The minimum absolute atomic E-state index is 0.658. The van der Waals surface area contributed by atoms with Gasteiger partial charge in [-0.05, 0) is 37.1 Å². The lowest BCUT2D eigenvalue weighted by molar-refractivity contribution is -0.605. The molecule has 0 saturated carbocycles. The first-order valence-electron chi connectivity index (χ1n) is 5.19. The van der Waals surface area contributed by atoms with Crippen LogP contribution in [0.25, 0.3) is 0 Å². The van der Waals surface area contributed by atoms with Crippen LogP contribution in [-0.4, -0.2) is 0 Å². The lowest BCUT2D eigenvalue weighted by Gasteiger charge is -2.11. The van der Waals surface area contributed by atoms with E-state index < -0.39 is 0 Å². The molecule has 17 heavy (non-hydrogen) atoms. The number of rotatable bonds is 2. The van der Waals surface area contributed by atoms with Crippen molar-refractivity contribution < 1.29 is 9.47 Å². The van der Waals surface area contributed by atoms with Gasteiger partial charge in [0, 0.05) is 16.6 Å². The van der Waals surface area contributed by atoms with Crippen LogP contribution in [-0.2, 0) is 0 Å². The van der Waals surface area contributed by atoms with Gasteiger partial charge in [0.05, 0.1) is 0 Å². The van der Waals surface area contributed by atoms with E-state index in [-0.39, 0.29) is 0 Å². The predicted octanol–water partition coefficient (Wildman–Crippen LogP) is 3.49. The largest absolute Gasteiger partial charge is 0.619 e. The van der Waals surface area contributed by atoms with Crippen molar-refractivity contribution in [2.75, 3.05) is 0 Å². The Morgan fingerprint density at radius 1 is 1.12 bits per heavy atom. The summed E-state index contributed by atoms with van der Waals surface area (Å²) in [5.41, 5.74) is 2.10. The van der Waals surface area contributed by atoms with Crippen molar-refractivity contribution in [3.8, 4) is 11.5 Å². The summed E-state index contributed by atoms with van der Waals surface area (Å²) in [6.45, 7) is 3.98. The molecule has 0 fully saturated rings. The Morgan fingerprint density at radius 3 is 2.18 bits per heavy atom. The third-order valence-corrected chi connectivity index (χ3v) is 2.87. The first-order valence-corrected chi connectivity index (χ1v) is 5.99. The zero-order valence-corrected chi connectivity index (χ0v) is 11.2. The van der Waals surface area contributed by atoms with Crippen LogP contribution in [0.15, 0.2) is 41.1 Å². The Balaban J connectivity index is 2.33. The zero-order valence-electron chi connectivity index (χ0n) is 9.61. The number of ether oxygens (including phenoxy) is 1. The topological polar surface area (TPSA) is 36.2 Å². The van der Waals surface area contributed by atoms with Crippen LogP contribution in [0.1, 0.15) is 11.1 Å². The van der Waals surface area contributed by atoms with Gasteiger partial charge in [0.25, 0.3) is 0 Å². The van der Waals surface area contributed by atoms with Gasteiger partial charge in [-0.15, -0.1) is 0 Å². The maximum atomic E-state index is 10.9. The van der Waals surface area contributed by atoms with E-state index in [0.29, 0.717) is 5.75 Å². The number of hydrogen-bond donors (Lipinski definition) is 0. The Labute approximate surface area is 108 Å². The number of hydrogen-bond acceptors (Lipinski definition) is 2.